The van der Waals surface area contributed by atoms with Gasteiger partial charge in [0.15, 0.2) is 11.6 Å². The standard InChI is InChI=1S/C10H11N3O/c1-4-7-8(5-2)13-10(11)9(12-7)6(3)14/h4-5H,1-2H2,3H3,(H2,11,13). The van der Waals surface area contributed by atoms with Gasteiger partial charge < -0.3 is 5.73 Å². The van der Waals surface area contributed by atoms with Crippen molar-refractivity contribution in [3.8, 4) is 0 Å². The number of Topliss-reactive ketones (excluding diaryl/α,β-unsaturated/α-hetero) is 1. The molecule has 0 amide bonds. The molecule has 0 unspecified atom stereocenters. The van der Waals surface area contributed by atoms with Gasteiger partial charge in [-0.2, -0.15) is 0 Å². The normalized spacial score (nSPS) is 9.50. The summed E-state index contributed by atoms with van der Waals surface area (Å²) in [6.45, 7) is 8.52. The molecule has 0 aliphatic heterocycles. The number of rotatable bonds is 3. The minimum atomic E-state index is -0.214. The van der Waals surface area contributed by atoms with Crippen LogP contribution in [0, 0.1) is 0 Å². The van der Waals surface area contributed by atoms with Gasteiger partial charge in [-0.1, -0.05) is 13.2 Å². The van der Waals surface area contributed by atoms with Crippen LogP contribution in [0.5, 0.6) is 0 Å². The summed E-state index contributed by atoms with van der Waals surface area (Å²) in [4.78, 5) is 19.1. The quantitative estimate of drug-likeness (QED) is 0.732. The molecule has 0 aromatic carbocycles. The molecule has 0 bridgehead atoms. The fourth-order valence-corrected chi connectivity index (χ4v) is 1.03. The molecule has 1 aromatic heterocycles. The van der Waals surface area contributed by atoms with Crippen molar-refractivity contribution in [1.82, 2.24) is 9.97 Å². The lowest BCUT2D eigenvalue weighted by molar-refractivity contribution is 0.101. The van der Waals surface area contributed by atoms with Gasteiger partial charge in [0, 0.05) is 6.92 Å². The average Bonchev–Trinajstić information content (AvgIpc) is 2.16. The summed E-state index contributed by atoms with van der Waals surface area (Å²) < 4.78 is 0. The first-order chi connectivity index (χ1) is 6.60. The molecule has 1 heterocycles. The van der Waals surface area contributed by atoms with Gasteiger partial charge in [-0.3, -0.25) is 4.79 Å². The highest BCUT2D eigenvalue weighted by Crippen LogP contribution is 2.13. The summed E-state index contributed by atoms with van der Waals surface area (Å²) in [6.07, 6.45) is 3.03. The molecule has 14 heavy (non-hydrogen) atoms. The zero-order valence-corrected chi connectivity index (χ0v) is 7.95. The lowest BCUT2D eigenvalue weighted by Crippen LogP contribution is -2.08. The Morgan fingerprint density at radius 3 is 2.21 bits per heavy atom. The molecule has 0 aliphatic carbocycles. The van der Waals surface area contributed by atoms with Crippen molar-refractivity contribution in [2.75, 3.05) is 5.73 Å². The van der Waals surface area contributed by atoms with Crippen LogP contribution in [-0.4, -0.2) is 15.8 Å². The molecule has 0 spiro atoms. The fourth-order valence-electron chi connectivity index (χ4n) is 1.03. The van der Waals surface area contributed by atoms with Crippen molar-refractivity contribution in [1.29, 1.82) is 0 Å². The van der Waals surface area contributed by atoms with Gasteiger partial charge in [0.25, 0.3) is 0 Å². The van der Waals surface area contributed by atoms with E-state index in [2.05, 4.69) is 23.1 Å². The molecule has 0 atom stereocenters. The average molecular weight is 189 g/mol. The van der Waals surface area contributed by atoms with Gasteiger partial charge >= 0.3 is 0 Å². The molecule has 1 aromatic rings. The Balaban J connectivity index is 3.44. The van der Waals surface area contributed by atoms with E-state index in [9.17, 15) is 4.79 Å². The summed E-state index contributed by atoms with van der Waals surface area (Å²) >= 11 is 0. The summed E-state index contributed by atoms with van der Waals surface area (Å²) in [7, 11) is 0. The van der Waals surface area contributed by atoms with Crippen molar-refractivity contribution >= 4 is 23.8 Å². The first-order valence-corrected chi connectivity index (χ1v) is 4.03. The minimum absolute atomic E-state index is 0.123. The highest BCUT2D eigenvalue weighted by Gasteiger charge is 2.11. The Bertz CT molecular complexity index is 410. The van der Waals surface area contributed by atoms with Gasteiger partial charge in [-0.05, 0) is 12.2 Å². The molecule has 4 heteroatoms. The Morgan fingerprint density at radius 2 is 1.79 bits per heavy atom. The molecular formula is C10H11N3O. The van der Waals surface area contributed by atoms with Crippen LogP contribution in [0.25, 0.3) is 12.2 Å². The third-order valence-electron chi connectivity index (χ3n) is 1.70. The number of carbonyl (C=O) groups is 1. The molecule has 72 valence electrons. The lowest BCUT2D eigenvalue weighted by Gasteiger charge is -2.04. The van der Waals surface area contributed by atoms with E-state index in [0.29, 0.717) is 11.4 Å². The maximum atomic E-state index is 11.1. The van der Waals surface area contributed by atoms with Crippen LogP contribution in [-0.2, 0) is 0 Å². The third kappa shape index (κ3) is 1.69. The Kier molecular flexibility index (Phi) is 2.76. The molecule has 0 saturated carbocycles. The van der Waals surface area contributed by atoms with Crippen molar-refractivity contribution in [3.63, 3.8) is 0 Å². The predicted molar refractivity (Wildman–Crippen MR) is 56.6 cm³/mol. The van der Waals surface area contributed by atoms with E-state index >= 15 is 0 Å². The maximum absolute atomic E-state index is 11.1. The van der Waals surface area contributed by atoms with E-state index < -0.39 is 0 Å². The Hall–Kier alpha value is -1.97. The number of anilines is 1. The molecular weight excluding hydrogens is 178 g/mol. The molecule has 1 rings (SSSR count). The van der Waals surface area contributed by atoms with Crippen LogP contribution in [0.3, 0.4) is 0 Å². The van der Waals surface area contributed by atoms with E-state index in [1.54, 1.807) is 0 Å². The number of nitrogens with two attached hydrogens (primary N) is 1. The zero-order chi connectivity index (χ0) is 10.7. The van der Waals surface area contributed by atoms with E-state index in [-0.39, 0.29) is 17.3 Å². The van der Waals surface area contributed by atoms with Crippen LogP contribution >= 0.6 is 0 Å². The molecule has 0 radical (unpaired) electrons. The third-order valence-corrected chi connectivity index (χ3v) is 1.70. The molecule has 0 aliphatic rings. The molecule has 2 N–H and O–H groups in total. The largest absolute Gasteiger partial charge is 0.382 e. The van der Waals surface area contributed by atoms with Crippen molar-refractivity contribution in [2.24, 2.45) is 0 Å². The van der Waals surface area contributed by atoms with E-state index in [4.69, 9.17) is 5.73 Å². The second kappa shape index (κ2) is 3.83. The van der Waals surface area contributed by atoms with Gasteiger partial charge in [-0.25, -0.2) is 9.97 Å². The molecule has 0 fully saturated rings. The SMILES string of the molecule is C=Cc1nc(N)c(C(C)=O)nc1C=C. The summed E-state index contributed by atoms with van der Waals surface area (Å²) in [5, 5.41) is 0. The number of nitrogen functional groups attached to an aromatic ring is 1. The monoisotopic (exact) mass is 189 g/mol. The van der Waals surface area contributed by atoms with E-state index in [1.165, 1.54) is 19.1 Å². The topological polar surface area (TPSA) is 68.9 Å². The Morgan fingerprint density at radius 1 is 1.29 bits per heavy atom. The van der Waals surface area contributed by atoms with Gasteiger partial charge in [0.2, 0.25) is 0 Å². The summed E-state index contributed by atoms with van der Waals surface area (Å²) in [5.74, 6) is -0.0910. The molecule has 4 nitrogen and oxygen atoms in total. The highest BCUT2D eigenvalue weighted by atomic mass is 16.1. The van der Waals surface area contributed by atoms with Crippen molar-refractivity contribution < 1.29 is 4.79 Å². The zero-order valence-electron chi connectivity index (χ0n) is 7.95. The maximum Gasteiger partial charge on any atom is 0.181 e. The second-order valence-electron chi connectivity index (χ2n) is 2.69. The number of hydrogen-bond donors (Lipinski definition) is 1. The van der Waals surface area contributed by atoms with Crippen LogP contribution in [0.15, 0.2) is 13.2 Å². The van der Waals surface area contributed by atoms with Gasteiger partial charge in [0.05, 0.1) is 11.4 Å². The first-order valence-electron chi connectivity index (χ1n) is 4.03. The van der Waals surface area contributed by atoms with Crippen LogP contribution in [0.4, 0.5) is 5.82 Å². The smallest absolute Gasteiger partial charge is 0.181 e. The first kappa shape index (κ1) is 10.1. The van der Waals surface area contributed by atoms with Crippen molar-refractivity contribution in [3.05, 3.63) is 30.2 Å². The van der Waals surface area contributed by atoms with E-state index in [0.717, 1.165) is 0 Å². The van der Waals surface area contributed by atoms with Gasteiger partial charge in [-0.15, -0.1) is 0 Å². The summed E-state index contributed by atoms with van der Waals surface area (Å²) in [6, 6.07) is 0. The van der Waals surface area contributed by atoms with Crippen LogP contribution in [0.1, 0.15) is 28.8 Å². The number of ketones is 1. The fraction of sp³-hybridized carbons (Fsp3) is 0.100. The van der Waals surface area contributed by atoms with Gasteiger partial charge in [0.1, 0.15) is 5.69 Å². The van der Waals surface area contributed by atoms with Crippen LogP contribution in [0.2, 0.25) is 0 Å². The Labute approximate surface area is 82.2 Å². The molecule has 0 saturated heterocycles. The van der Waals surface area contributed by atoms with Crippen LogP contribution < -0.4 is 5.73 Å². The predicted octanol–water partition coefficient (Wildman–Crippen LogP) is 1.55. The number of hydrogen-bond acceptors (Lipinski definition) is 4. The lowest BCUT2D eigenvalue weighted by atomic mass is 10.2. The summed E-state index contributed by atoms with van der Waals surface area (Å²) in [5.41, 5.74) is 6.76. The van der Waals surface area contributed by atoms with E-state index in [1.807, 2.05) is 0 Å². The number of carbonyl (C=O) groups excluding carboxylic acids is 1. The second-order valence-corrected chi connectivity index (χ2v) is 2.69. The highest BCUT2D eigenvalue weighted by molar-refractivity contribution is 5.96. The number of nitrogens with zero attached hydrogens (tertiary/aromatic N) is 2. The van der Waals surface area contributed by atoms with Crippen molar-refractivity contribution in [2.45, 2.75) is 6.92 Å². The number of aromatic nitrogens is 2. The minimum Gasteiger partial charge on any atom is -0.382 e.